The Labute approximate surface area is 105 Å². The molecule has 0 bridgehead atoms. The first-order valence-electron chi connectivity index (χ1n) is 6.73. The van der Waals surface area contributed by atoms with Crippen LogP contribution in [-0.2, 0) is 0 Å². The van der Waals surface area contributed by atoms with Gasteiger partial charge in [-0.25, -0.2) is 0 Å². The van der Waals surface area contributed by atoms with Gasteiger partial charge in [-0.2, -0.15) is 11.8 Å². The minimum absolute atomic E-state index is 0.335. The van der Waals surface area contributed by atoms with Crippen LogP contribution in [0, 0.1) is 5.92 Å². The van der Waals surface area contributed by atoms with Crippen molar-refractivity contribution < 1.29 is 5.11 Å². The number of hydrogen-bond donors (Lipinski definition) is 2. The summed E-state index contributed by atoms with van der Waals surface area (Å²) < 4.78 is 0. The molecule has 3 heteroatoms. The first-order valence-corrected chi connectivity index (χ1v) is 7.78. The third-order valence-corrected chi connectivity index (χ3v) is 4.89. The van der Waals surface area contributed by atoms with Gasteiger partial charge in [0.05, 0.1) is 0 Å². The van der Waals surface area contributed by atoms with Crippen LogP contribution in [0.25, 0.3) is 0 Å². The van der Waals surface area contributed by atoms with E-state index in [-0.39, 0.29) is 0 Å². The van der Waals surface area contributed by atoms with E-state index in [0.29, 0.717) is 18.6 Å². The number of hydrogen-bond acceptors (Lipinski definition) is 3. The van der Waals surface area contributed by atoms with E-state index in [2.05, 4.69) is 30.9 Å². The molecule has 3 unspecified atom stereocenters. The fraction of sp³-hybridized carbons (Fsp3) is 1.00. The summed E-state index contributed by atoms with van der Waals surface area (Å²) in [5, 5.41) is 13.5. The molecule has 0 aromatic heterocycles. The zero-order chi connectivity index (χ0) is 11.8. The highest BCUT2D eigenvalue weighted by Crippen LogP contribution is 2.25. The van der Waals surface area contributed by atoms with Crippen molar-refractivity contribution in [2.45, 2.75) is 57.2 Å². The average molecular weight is 245 g/mol. The van der Waals surface area contributed by atoms with Crippen molar-refractivity contribution in [1.82, 2.24) is 5.32 Å². The molecule has 1 saturated heterocycles. The summed E-state index contributed by atoms with van der Waals surface area (Å²) in [6.07, 6.45) is 6.09. The molecule has 16 heavy (non-hydrogen) atoms. The van der Waals surface area contributed by atoms with Gasteiger partial charge in [0.25, 0.3) is 0 Å². The van der Waals surface area contributed by atoms with Crippen molar-refractivity contribution in [1.29, 1.82) is 0 Å². The van der Waals surface area contributed by atoms with E-state index in [9.17, 15) is 0 Å². The number of aliphatic hydroxyl groups excluding tert-OH is 1. The Kier molecular flexibility index (Phi) is 7.50. The minimum atomic E-state index is 0.335. The Bertz CT molecular complexity index is 171. The second-order valence-electron chi connectivity index (χ2n) is 4.90. The van der Waals surface area contributed by atoms with Crippen LogP contribution in [0.1, 0.15) is 46.0 Å². The smallest absolute Gasteiger partial charge is 0.0434 e. The lowest BCUT2D eigenvalue weighted by molar-refractivity contribution is 0.244. The molecule has 2 nitrogen and oxygen atoms in total. The highest BCUT2D eigenvalue weighted by molar-refractivity contribution is 7.99. The molecule has 3 atom stereocenters. The lowest BCUT2D eigenvalue weighted by Crippen LogP contribution is -2.41. The quantitative estimate of drug-likeness (QED) is 0.723. The van der Waals surface area contributed by atoms with Gasteiger partial charge in [-0.15, -0.1) is 0 Å². The number of nitrogens with one attached hydrogen (secondary N) is 1. The van der Waals surface area contributed by atoms with E-state index in [1.165, 1.54) is 31.4 Å². The Morgan fingerprint density at radius 3 is 2.88 bits per heavy atom. The molecule has 2 N–H and O–H groups in total. The molecule has 0 amide bonds. The standard InChI is InChI=1S/C13H27NOS/c1-3-5-12(7-8-15)10-14-13-6-4-9-16-11(13)2/h11-15H,3-10H2,1-2H3. The van der Waals surface area contributed by atoms with E-state index in [0.717, 1.165) is 18.2 Å². The van der Waals surface area contributed by atoms with Gasteiger partial charge in [0, 0.05) is 17.9 Å². The molecule has 0 spiro atoms. The van der Waals surface area contributed by atoms with Gasteiger partial charge in [-0.1, -0.05) is 20.3 Å². The molecule has 0 saturated carbocycles. The molecular weight excluding hydrogens is 218 g/mol. The van der Waals surface area contributed by atoms with Gasteiger partial charge in [-0.3, -0.25) is 0 Å². The Morgan fingerprint density at radius 1 is 1.44 bits per heavy atom. The third kappa shape index (κ3) is 5.07. The van der Waals surface area contributed by atoms with Gasteiger partial charge < -0.3 is 10.4 Å². The largest absolute Gasteiger partial charge is 0.396 e. The molecule has 1 fully saturated rings. The second-order valence-corrected chi connectivity index (χ2v) is 6.39. The van der Waals surface area contributed by atoms with Crippen LogP contribution in [0.3, 0.4) is 0 Å². The van der Waals surface area contributed by atoms with Crippen molar-refractivity contribution in [2.24, 2.45) is 5.92 Å². The molecule has 0 aromatic rings. The van der Waals surface area contributed by atoms with Crippen LogP contribution in [0.5, 0.6) is 0 Å². The summed E-state index contributed by atoms with van der Waals surface area (Å²) in [5.41, 5.74) is 0. The normalized spacial score (nSPS) is 27.9. The summed E-state index contributed by atoms with van der Waals surface area (Å²) in [7, 11) is 0. The fourth-order valence-electron chi connectivity index (χ4n) is 2.45. The highest BCUT2D eigenvalue weighted by Gasteiger charge is 2.21. The molecule has 1 aliphatic heterocycles. The number of thioether (sulfide) groups is 1. The maximum Gasteiger partial charge on any atom is 0.0434 e. The van der Waals surface area contributed by atoms with Crippen LogP contribution in [0.15, 0.2) is 0 Å². The summed E-state index contributed by atoms with van der Waals surface area (Å²) >= 11 is 2.09. The highest BCUT2D eigenvalue weighted by atomic mass is 32.2. The number of aliphatic hydroxyl groups is 1. The first-order chi connectivity index (χ1) is 7.77. The second kappa shape index (κ2) is 8.37. The molecule has 1 aliphatic rings. The van der Waals surface area contributed by atoms with Gasteiger partial charge in [-0.05, 0) is 43.9 Å². The molecule has 1 heterocycles. The van der Waals surface area contributed by atoms with Crippen LogP contribution >= 0.6 is 11.8 Å². The lowest BCUT2D eigenvalue weighted by atomic mass is 9.99. The van der Waals surface area contributed by atoms with Crippen LogP contribution in [0.4, 0.5) is 0 Å². The zero-order valence-electron chi connectivity index (χ0n) is 10.7. The van der Waals surface area contributed by atoms with E-state index >= 15 is 0 Å². The molecule has 0 aliphatic carbocycles. The molecule has 1 rings (SSSR count). The van der Waals surface area contributed by atoms with Gasteiger partial charge in [0.2, 0.25) is 0 Å². The third-order valence-electron chi connectivity index (χ3n) is 3.51. The Balaban J connectivity index is 2.23. The maximum absolute atomic E-state index is 9.02. The topological polar surface area (TPSA) is 32.3 Å². The van der Waals surface area contributed by atoms with Crippen molar-refractivity contribution in [3.63, 3.8) is 0 Å². The predicted molar refractivity (Wildman–Crippen MR) is 73.0 cm³/mol. The van der Waals surface area contributed by atoms with Crippen molar-refractivity contribution in [3.05, 3.63) is 0 Å². The zero-order valence-corrected chi connectivity index (χ0v) is 11.6. The Hall–Kier alpha value is 0.270. The molecule has 0 radical (unpaired) electrons. The van der Waals surface area contributed by atoms with Gasteiger partial charge in [0.1, 0.15) is 0 Å². The molecular formula is C13H27NOS. The lowest BCUT2D eigenvalue weighted by Gasteiger charge is -2.30. The van der Waals surface area contributed by atoms with Crippen molar-refractivity contribution >= 4 is 11.8 Å². The first kappa shape index (κ1) is 14.3. The summed E-state index contributed by atoms with van der Waals surface area (Å²) in [6, 6.07) is 0.691. The van der Waals surface area contributed by atoms with Crippen LogP contribution in [0.2, 0.25) is 0 Å². The van der Waals surface area contributed by atoms with Gasteiger partial charge in [0.15, 0.2) is 0 Å². The van der Waals surface area contributed by atoms with Crippen LogP contribution < -0.4 is 5.32 Å². The minimum Gasteiger partial charge on any atom is -0.396 e. The number of rotatable bonds is 7. The molecule has 0 aromatic carbocycles. The monoisotopic (exact) mass is 245 g/mol. The summed E-state index contributed by atoms with van der Waals surface area (Å²) in [4.78, 5) is 0. The van der Waals surface area contributed by atoms with E-state index < -0.39 is 0 Å². The SMILES string of the molecule is CCCC(CCO)CNC1CCCSC1C. The summed E-state index contributed by atoms with van der Waals surface area (Å²) in [6.45, 7) is 5.98. The van der Waals surface area contributed by atoms with Gasteiger partial charge >= 0.3 is 0 Å². The van der Waals surface area contributed by atoms with Crippen LogP contribution in [-0.4, -0.2) is 35.3 Å². The average Bonchev–Trinajstić information content (AvgIpc) is 2.28. The summed E-state index contributed by atoms with van der Waals surface area (Å²) in [5.74, 6) is 1.99. The van der Waals surface area contributed by atoms with E-state index in [1.54, 1.807) is 0 Å². The predicted octanol–water partition coefficient (Wildman–Crippen LogP) is 2.66. The van der Waals surface area contributed by atoms with Crippen molar-refractivity contribution in [3.8, 4) is 0 Å². The Morgan fingerprint density at radius 2 is 2.25 bits per heavy atom. The van der Waals surface area contributed by atoms with Crippen molar-refractivity contribution in [2.75, 3.05) is 18.9 Å². The molecule has 96 valence electrons. The van der Waals surface area contributed by atoms with E-state index in [1.807, 2.05) is 0 Å². The fourth-order valence-corrected chi connectivity index (χ4v) is 3.62. The van der Waals surface area contributed by atoms with E-state index in [4.69, 9.17) is 5.11 Å². The maximum atomic E-state index is 9.02.